The number of aromatic nitrogens is 1. The molecule has 112 valence electrons. The number of amides is 1. The molecule has 0 atom stereocenters. The topological polar surface area (TPSA) is 93.4 Å². The molecule has 0 unspecified atom stereocenters. The van der Waals surface area contributed by atoms with E-state index in [1.807, 2.05) is 13.8 Å². The monoisotopic (exact) mass is 299 g/mol. The molecule has 0 aliphatic rings. The van der Waals surface area contributed by atoms with Gasteiger partial charge in [0.25, 0.3) is 5.91 Å². The van der Waals surface area contributed by atoms with Crippen LogP contribution in [0.1, 0.15) is 35.8 Å². The Morgan fingerprint density at radius 1 is 1.40 bits per heavy atom. The minimum absolute atomic E-state index is 0.0627. The number of pyridine rings is 1. The van der Waals surface area contributed by atoms with E-state index in [1.165, 1.54) is 11.0 Å². The van der Waals surface area contributed by atoms with E-state index in [0.717, 1.165) is 11.9 Å². The van der Waals surface area contributed by atoms with Crippen molar-refractivity contribution in [2.75, 3.05) is 31.3 Å². The number of hydrogen-bond acceptors (Lipinski definition) is 5. The number of sulfone groups is 1. The summed E-state index contributed by atoms with van der Waals surface area (Å²) >= 11 is 0. The Kier molecular flexibility index (Phi) is 5.10. The van der Waals surface area contributed by atoms with Crippen molar-refractivity contribution in [3.63, 3.8) is 0 Å². The van der Waals surface area contributed by atoms with Gasteiger partial charge in [0.2, 0.25) is 0 Å². The second-order valence-corrected chi connectivity index (χ2v) is 7.48. The molecule has 20 heavy (non-hydrogen) atoms. The number of nitrogen functional groups attached to an aromatic ring is 1. The van der Waals surface area contributed by atoms with Crippen molar-refractivity contribution in [1.29, 1.82) is 0 Å². The quantitative estimate of drug-likeness (QED) is 0.872. The Labute approximate surface area is 119 Å². The Bertz CT molecular complexity index is 597. The molecular weight excluding hydrogens is 278 g/mol. The van der Waals surface area contributed by atoms with E-state index >= 15 is 0 Å². The number of hydrogen-bond donors (Lipinski definition) is 1. The first-order valence-electron chi connectivity index (χ1n) is 6.31. The normalized spacial score (nSPS) is 11.7. The zero-order chi connectivity index (χ0) is 15.5. The Hall–Kier alpha value is -1.63. The highest BCUT2D eigenvalue weighted by Gasteiger charge is 2.16. The zero-order valence-electron chi connectivity index (χ0n) is 12.3. The molecule has 0 aliphatic heterocycles. The summed E-state index contributed by atoms with van der Waals surface area (Å²) in [5, 5.41) is 0. The molecule has 1 aromatic rings. The SMILES string of the molecule is CC(C)c1cc(C(=O)N(C)CCS(C)(=O)=O)cc(N)n1. The Morgan fingerprint density at radius 2 is 2.00 bits per heavy atom. The number of carbonyl (C=O) groups is 1. The van der Waals surface area contributed by atoms with E-state index in [1.54, 1.807) is 13.1 Å². The van der Waals surface area contributed by atoms with E-state index in [4.69, 9.17) is 5.73 Å². The van der Waals surface area contributed by atoms with Gasteiger partial charge in [-0.25, -0.2) is 13.4 Å². The van der Waals surface area contributed by atoms with Crippen LogP contribution in [-0.4, -0.2) is 49.8 Å². The summed E-state index contributed by atoms with van der Waals surface area (Å²) in [5.41, 5.74) is 6.87. The largest absolute Gasteiger partial charge is 0.384 e. The van der Waals surface area contributed by atoms with E-state index < -0.39 is 9.84 Å². The highest BCUT2D eigenvalue weighted by Crippen LogP contribution is 2.17. The average molecular weight is 299 g/mol. The third-order valence-electron chi connectivity index (χ3n) is 2.85. The summed E-state index contributed by atoms with van der Waals surface area (Å²) < 4.78 is 22.2. The average Bonchev–Trinajstić information content (AvgIpc) is 2.33. The summed E-state index contributed by atoms with van der Waals surface area (Å²) in [5.74, 6) is 0.124. The second-order valence-electron chi connectivity index (χ2n) is 5.22. The first kappa shape index (κ1) is 16.4. The van der Waals surface area contributed by atoms with E-state index in [0.29, 0.717) is 5.56 Å². The van der Waals surface area contributed by atoms with Gasteiger partial charge in [0, 0.05) is 31.1 Å². The molecule has 1 aromatic heterocycles. The van der Waals surface area contributed by atoms with Crippen LogP contribution < -0.4 is 5.73 Å². The molecule has 2 N–H and O–H groups in total. The molecule has 0 aromatic carbocycles. The molecular formula is C13H21N3O3S. The molecule has 1 heterocycles. The molecule has 7 heteroatoms. The maximum Gasteiger partial charge on any atom is 0.253 e. The fraction of sp³-hybridized carbons (Fsp3) is 0.538. The Balaban J connectivity index is 2.91. The van der Waals surface area contributed by atoms with E-state index in [2.05, 4.69) is 4.98 Å². The first-order chi connectivity index (χ1) is 9.10. The summed E-state index contributed by atoms with van der Waals surface area (Å²) in [6.07, 6.45) is 1.15. The predicted molar refractivity (Wildman–Crippen MR) is 79.4 cm³/mol. The highest BCUT2D eigenvalue weighted by molar-refractivity contribution is 7.90. The van der Waals surface area contributed by atoms with Crippen LogP contribution in [-0.2, 0) is 9.84 Å². The van der Waals surface area contributed by atoms with Crippen molar-refractivity contribution >= 4 is 21.6 Å². The first-order valence-corrected chi connectivity index (χ1v) is 8.37. The van der Waals surface area contributed by atoms with Gasteiger partial charge in [0.15, 0.2) is 0 Å². The van der Waals surface area contributed by atoms with Crippen molar-refractivity contribution < 1.29 is 13.2 Å². The minimum Gasteiger partial charge on any atom is -0.384 e. The third kappa shape index (κ3) is 4.80. The number of anilines is 1. The second kappa shape index (κ2) is 6.21. The van der Waals surface area contributed by atoms with Crippen LogP contribution in [0.2, 0.25) is 0 Å². The van der Waals surface area contributed by atoms with Crippen molar-refractivity contribution in [2.45, 2.75) is 19.8 Å². The molecule has 1 rings (SSSR count). The molecule has 0 aliphatic carbocycles. The van der Waals surface area contributed by atoms with E-state index in [9.17, 15) is 13.2 Å². The number of nitrogens with two attached hydrogens (primary N) is 1. The zero-order valence-corrected chi connectivity index (χ0v) is 13.1. The van der Waals surface area contributed by atoms with Crippen LogP contribution in [0.15, 0.2) is 12.1 Å². The van der Waals surface area contributed by atoms with Gasteiger partial charge >= 0.3 is 0 Å². The smallest absolute Gasteiger partial charge is 0.253 e. The summed E-state index contributed by atoms with van der Waals surface area (Å²) in [6.45, 7) is 4.07. The molecule has 0 radical (unpaired) electrons. The number of carbonyl (C=O) groups excluding carboxylic acids is 1. The number of rotatable bonds is 5. The lowest BCUT2D eigenvalue weighted by molar-refractivity contribution is 0.0803. The maximum atomic E-state index is 12.2. The summed E-state index contributed by atoms with van der Waals surface area (Å²) in [4.78, 5) is 17.8. The Morgan fingerprint density at radius 3 is 2.50 bits per heavy atom. The fourth-order valence-electron chi connectivity index (χ4n) is 1.62. The van der Waals surface area contributed by atoms with Gasteiger partial charge in [-0.1, -0.05) is 13.8 Å². The predicted octanol–water partition coefficient (Wildman–Crippen LogP) is 0.904. The van der Waals surface area contributed by atoms with Gasteiger partial charge in [0.1, 0.15) is 15.7 Å². The molecule has 0 bridgehead atoms. The molecule has 0 spiro atoms. The van der Waals surface area contributed by atoms with Crippen LogP contribution in [0.4, 0.5) is 5.82 Å². The van der Waals surface area contributed by atoms with Gasteiger partial charge in [-0.2, -0.15) is 0 Å². The maximum absolute atomic E-state index is 12.2. The molecule has 6 nitrogen and oxygen atoms in total. The summed E-state index contributed by atoms with van der Waals surface area (Å²) in [6, 6.07) is 3.20. The number of nitrogens with zero attached hydrogens (tertiary/aromatic N) is 2. The van der Waals surface area contributed by atoms with Crippen molar-refractivity contribution in [3.05, 3.63) is 23.4 Å². The standard InChI is InChI=1S/C13H21N3O3S/c1-9(2)11-7-10(8-12(14)15-11)13(17)16(3)5-6-20(4,18)19/h7-9H,5-6H2,1-4H3,(H2,14,15). The minimum atomic E-state index is -3.10. The van der Waals surface area contributed by atoms with Crippen molar-refractivity contribution in [3.8, 4) is 0 Å². The van der Waals surface area contributed by atoms with Gasteiger partial charge < -0.3 is 10.6 Å². The van der Waals surface area contributed by atoms with Crippen LogP contribution in [0.5, 0.6) is 0 Å². The summed E-state index contributed by atoms with van der Waals surface area (Å²) in [7, 11) is -1.53. The van der Waals surface area contributed by atoms with Crippen LogP contribution in [0, 0.1) is 0 Å². The highest BCUT2D eigenvalue weighted by atomic mass is 32.2. The van der Waals surface area contributed by atoms with Gasteiger partial charge in [-0.15, -0.1) is 0 Å². The lowest BCUT2D eigenvalue weighted by atomic mass is 10.1. The van der Waals surface area contributed by atoms with Crippen molar-refractivity contribution in [1.82, 2.24) is 9.88 Å². The molecule has 0 saturated heterocycles. The van der Waals surface area contributed by atoms with E-state index in [-0.39, 0.29) is 29.9 Å². The molecule has 0 fully saturated rings. The fourth-order valence-corrected chi connectivity index (χ4v) is 2.22. The van der Waals surface area contributed by atoms with Gasteiger partial charge in [0.05, 0.1) is 5.75 Å². The van der Waals surface area contributed by atoms with Crippen LogP contribution in [0.25, 0.3) is 0 Å². The van der Waals surface area contributed by atoms with Gasteiger partial charge in [-0.3, -0.25) is 4.79 Å². The van der Waals surface area contributed by atoms with Crippen LogP contribution >= 0.6 is 0 Å². The lowest BCUT2D eigenvalue weighted by Crippen LogP contribution is -2.31. The van der Waals surface area contributed by atoms with Gasteiger partial charge in [-0.05, 0) is 18.1 Å². The van der Waals surface area contributed by atoms with Crippen LogP contribution in [0.3, 0.4) is 0 Å². The molecule has 0 saturated carbocycles. The molecule has 1 amide bonds. The third-order valence-corrected chi connectivity index (χ3v) is 3.77. The van der Waals surface area contributed by atoms with Crippen molar-refractivity contribution in [2.24, 2.45) is 0 Å². The lowest BCUT2D eigenvalue weighted by Gasteiger charge is -2.17.